The van der Waals surface area contributed by atoms with Crippen LogP contribution in [0.5, 0.6) is 0 Å². The van der Waals surface area contributed by atoms with E-state index in [2.05, 4.69) is 15.4 Å². The molecule has 1 N–H and O–H groups in total. The zero-order chi connectivity index (χ0) is 20.5. The molecule has 1 saturated heterocycles. The Labute approximate surface area is 164 Å². The van der Waals surface area contributed by atoms with Crippen molar-refractivity contribution in [2.75, 3.05) is 5.32 Å². The first-order valence-corrected chi connectivity index (χ1v) is 9.01. The molecule has 3 heterocycles. The van der Waals surface area contributed by atoms with Crippen LogP contribution in [0.25, 0.3) is 11.0 Å². The van der Waals surface area contributed by atoms with Crippen molar-refractivity contribution in [3.05, 3.63) is 52.7 Å². The molecule has 3 aromatic rings. The monoisotopic (exact) mass is 394 g/mol. The molecule has 1 aliphatic heterocycles. The fourth-order valence-electron chi connectivity index (χ4n) is 3.21. The molecule has 10 heteroatoms. The molecule has 0 spiro atoms. The number of aryl methyl sites for hydroxylation is 1. The number of hydrogen-bond donors (Lipinski definition) is 1. The van der Waals surface area contributed by atoms with Gasteiger partial charge >= 0.3 is 0 Å². The van der Waals surface area contributed by atoms with E-state index >= 15 is 0 Å². The minimum absolute atomic E-state index is 0.169. The lowest BCUT2D eigenvalue weighted by atomic mass is 10.2. The van der Waals surface area contributed by atoms with Gasteiger partial charge in [-0.15, -0.1) is 0 Å². The number of carbonyl (C=O) groups excluding carboxylic acids is 3. The van der Waals surface area contributed by atoms with E-state index in [1.54, 1.807) is 31.3 Å². The van der Waals surface area contributed by atoms with Gasteiger partial charge in [0.25, 0.3) is 5.56 Å². The Balaban J connectivity index is 1.41. The molecular weight excluding hydrogens is 376 g/mol. The predicted molar refractivity (Wildman–Crippen MR) is 103 cm³/mol. The van der Waals surface area contributed by atoms with E-state index in [0.29, 0.717) is 16.7 Å². The fourth-order valence-corrected chi connectivity index (χ4v) is 3.21. The van der Waals surface area contributed by atoms with E-state index < -0.39 is 0 Å². The predicted octanol–water partition coefficient (Wildman–Crippen LogP) is 0.418. The first kappa shape index (κ1) is 18.5. The molecule has 0 unspecified atom stereocenters. The van der Waals surface area contributed by atoms with Gasteiger partial charge in [0.15, 0.2) is 5.65 Å². The van der Waals surface area contributed by atoms with Crippen molar-refractivity contribution >= 4 is 34.4 Å². The van der Waals surface area contributed by atoms with Gasteiger partial charge in [-0.25, -0.2) is 4.98 Å². The second-order valence-electron chi connectivity index (χ2n) is 6.80. The van der Waals surface area contributed by atoms with Crippen LogP contribution in [0.3, 0.4) is 0 Å². The number of anilines is 1. The second-order valence-corrected chi connectivity index (χ2v) is 6.80. The lowest BCUT2D eigenvalue weighted by molar-refractivity contribution is -0.139. The van der Waals surface area contributed by atoms with Gasteiger partial charge < -0.3 is 5.32 Å². The molecule has 1 aromatic carbocycles. The van der Waals surface area contributed by atoms with Crippen LogP contribution < -0.4 is 10.9 Å². The Kier molecular flexibility index (Phi) is 4.67. The molecule has 4 rings (SSSR count). The summed E-state index contributed by atoms with van der Waals surface area (Å²) in [6.07, 6.45) is 3.25. The SMILES string of the molecule is Cn1ncc2c(=O)n(CC(=O)Nc3ccc(CN4C(=O)CCC4=O)cc3)cnc21. The Morgan fingerprint density at radius 1 is 1.10 bits per heavy atom. The lowest BCUT2D eigenvalue weighted by Crippen LogP contribution is -2.28. The molecule has 0 radical (unpaired) electrons. The molecule has 3 amide bonds. The van der Waals surface area contributed by atoms with Gasteiger partial charge in [-0.1, -0.05) is 12.1 Å². The van der Waals surface area contributed by atoms with Crippen LogP contribution in [-0.2, 0) is 34.5 Å². The van der Waals surface area contributed by atoms with E-state index in [1.807, 2.05) is 0 Å². The topological polar surface area (TPSA) is 119 Å². The molecule has 148 valence electrons. The molecular formula is C19H18N6O4. The minimum atomic E-state index is -0.380. The number of amides is 3. The van der Waals surface area contributed by atoms with Crippen LogP contribution in [-0.4, -0.2) is 42.0 Å². The molecule has 0 aliphatic carbocycles. The van der Waals surface area contributed by atoms with Crippen molar-refractivity contribution in [3.8, 4) is 0 Å². The van der Waals surface area contributed by atoms with E-state index in [-0.39, 0.29) is 49.2 Å². The number of likely N-dealkylation sites (tertiary alicyclic amines) is 1. The summed E-state index contributed by atoms with van der Waals surface area (Å²) in [4.78, 5) is 53.5. The summed E-state index contributed by atoms with van der Waals surface area (Å²) < 4.78 is 2.71. The molecule has 0 atom stereocenters. The van der Waals surface area contributed by atoms with Gasteiger partial charge in [0.1, 0.15) is 18.3 Å². The molecule has 0 bridgehead atoms. The number of carbonyl (C=O) groups is 3. The van der Waals surface area contributed by atoms with E-state index in [9.17, 15) is 19.2 Å². The van der Waals surface area contributed by atoms with Gasteiger partial charge in [-0.2, -0.15) is 5.10 Å². The lowest BCUT2D eigenvalue weighted by Gasteiger charge is -2.14. The summed E-state index contributed by atoms with van der Waals surface area (Å²) in [5.74, 6) is -0.719. The van der Waals surface area contributed by atoms with E-state index in [0.717, 1.165) is 5.56 Å². The number of nitrogens with zero attached hydrogens (tertiary/aromatic N) is 5. The molecule has 10 nitrogen and oxygen atoms in total. The standard InChI is InChI=1S/C19H18N6O4/c1-23-18-14(8-21-23)19(29)24(11-20-18)10-15(26)22-13-4-2-12(3-5-13)9-25-16(27)6-7-17(25)28/h2-5,8,11H,6-7,9-10H2,1H3,(H,22,26). The van der Waals surface area contributed by atoms with Gasteiger partial charge in [-0.3, -0.25) is 33.3 Å². The normalized spacial score (nSPS) is 14.0. The van der Waals surface area contributed by atoms with Crippen LogP contribution in [0, 0.1) is 0 Å². The average Bonchev–Trinajstić information content (AvgIpc) is 3.23. The second kappa shape index (κ2) is 7.30. The smallest absolute Gasteiger partial charge is 0.264 e. The number of hydrogen-bond acceptors (Lipinski definition) is 6. The third-order valence-electron chi connectivity index (χ3n) is 4.77. The minimum Gasteiger partial charge on any atom is -0.325 e. The summed E-state index contributed by atoms with van der Waals surface area (Å²) in [7, 11) is 1.69. The van der Waals surface area contributed by atoms with Crippen molar-refractivity contribution in [2.24, 2.45) is 7.05 Å². The van der Waals surface area contributed by atoms with Gasteiger partial charge in [0.2, 0.25) is 17.7 Å². The summed E-state index contributed by atoms with van der Waals surface area (Å²) in [6, 6.07) is 6.85. The number of nitrogens with one attached hydrogen (secondary N) is 1. The third-order valence-corrected chi connectivity index (χ3v) is 4.77. The fraction of sp³-hybridized carbons (Fsp3) is 0.263. The van der Waals surface area contributed by atoms with Crippen LogP contribution in [0.4, 0.5) is 5.69 Å². The van der Waals surface area contributed by atoms with Crippen molar-refractivity contribution in [2.45, 2.75) is 25.9 Å². The maximum absolute atomic E-state index is 12.4. The number of imide groups is 1. The Morgan fingerprint density at radius 3 is 2.48 bits per heavy atom. The average molecular weight is 394 g/mol. The maximum Gasteiger partial charge on any atom is 0.264 e. The van der Waals surface area contributed by atoms with Crippen LogP contribution in [0.15, 0.2) is 41.6 Å². The summed E-state index contributed by atoms with van der Waals surface area (Å²) in [5.41, 5.74) is 1.45. The zero-order valence-electron chi connectivity index (χ0n) is 15.7. The quantitative estimate of drug-likeness (QED) is 0.627. The van der Waals surface area contributed by atoms with Crippen LogP contribution in [0.2, 0.25) is 0 Å². The van der Waals surface area contributed by atoms with Crippen molar-refractivity contribution in [3.63, 3.8) is 0 Å². The van der Waals surface area contributed by atoms with Crippen molar-refractivity contribution < 1.29 is 14.4 Å². The van der Waals surface area contributed by atoms with Gasteiger partial charge in [0.05, 0.1) is 12.7 Å². The van der Waals surface area contributed by atoms with Gasteiger partial charge in [-0.05, 0) is 17.7 Å². The van der Waals surface area contributed by atoms with E-state index in [1.165, 1.54) is 26.7 Å². The Morgan fingerprint density at radius 2 is 1.79 bits per heavy atom. The summed E-state index contributed by atoms with van der Waals surface area (Å²) in [6.45, 7) is 0.0350. The Bertz CT molecular complexity index is 1160. The number of benzene rings is 1. The summed E-state index contributed by atoms with van der Waals surface area (Å²) >= 11 is 0. The van der Waals surface area contributed by atoms with Crippen molar-refractivity contribution in [1.82, 2.24) is 24.2 Å². The largest absolute Gasteiger partial charge is 0.325 e. The van der Waals surface area contributed by atoms with Crippen LogP contribution >= 0.6 is 0 Å². The molecule has 29 heavy (non-hydrogen) atoms. The number of fused-ring (bicyclic) bond motifs is 1. The van der Waals surface area contributed by atoms with Crippen LogP contribution in [0.1, 0.15) is 18.4 Å². The Hall–Kier alpha value is -3.82. The molecule has 0 saturated carbocycles. The highest BCUT2D eigenvalue weighted by Gasteiger charge is 2.28. The number of rotatable bonds is 5. The number of aromatic nitrogens is 4. The highest BCUT2D eigenvalue weighted by Crippen LogP contribution is 2.17. The highest BCUT2D eigenvalue weighted by atomic mass is 16.2. The zero-order valence-corrected chi connectivity index (χ0v) is 15.7. The molecule has 2 aromatic heterocycles. The highest BCUT2D eigenvalue weighted by molar-refractivity contribution is 6.01. The first-order chi connectivity index (χ1) is 13.9. The van der Waals surface area contributed by atoms with Crippen molar-refractivity contribution in [1.29, 1.82) is 0 Å². The molecule has 1 fully saturated rings. The molecule has 1 aliphatic rings. The van der Waals surface area contributed by atoms with Gasteiger partial charge in [0, 0.05) is 25.6 Å². The third kappa shape index (κ3) is 3.64. The summed E-state index contributed by atoms with van der Waals surface area (Å²) in [5, 5.41) is 7.05. The maximum atomic E-state index is 12.4. The first-order valence-electron chi connectivity index (χ1n) is 9.01. The van der Waals surface area contributed by atoms with E-state index in [4.69, 9.17) is 0 Å².